The molecule has 4 rings (SSSR count). The second-order valence-corrected chi connectivity index (χ2v) is 8.10. The Morgan fingerprint density at radius 1 is 1.06 bits per heavy atom. The minimum absolute atomic E-state index is 0.184. The van der Waals surface area contributed by atoms with E-state index in [0.29, 0.717) is 11.4 Å². The summed E-state index contributed by atoms with van der Waals surface area (Å²) in [4.78, 5) is 17.5. The van der Waals surface area contributed by atoms with Crippen LogP contribution in [0.25, 0.3) is 33.5 Å². The van der Waals surface area contributed by atoms with Crippen molar-refractivity contribution in [2.75, 3.05) is 5.32 Å². The third-order valence-electron chi connectivity index (χ3n) is 5.84. The van der Waals surface area contributed by atoms with Gasteiger partial charge in [0.05, 0.1) is 6.20 Å². The molecule has 4 aromatic rings. The first-order valence-corrected chi connectivity index (χ1v) is 11.1. The highest BCUT2D eigenvalue weighted by Gasteiger charge is 2.09. The molecule has 0 spiro atoms. The van der Waals surface area contributed by atoms with Crippen LogP contribution in [0.4, 0.5) is 5.82 Å². The zero-order valence-electron chi connectivity index (χ0n) is 19.5. The van der Waals surface area contributed by atoms with Crippen LogP contribution in [0.15, 0.2) is 78.8 Å². The summed E-state index contributed by atoms with van der Waals surface area (Å²) in [6.45, 7) is 6.14. The van der Waals surface area contributed by atoms with Crippen molar-refractivity contribution in [3.05, 3.63) is 89.2 Å². The number of aromatic nitrogens is 3. The Labute approximate surface area is 193 Å². The first-order valence-electron chi connectivity index (χ1n) is 11.1. The molecule has 0 aliphatic carbocycles. The van der Waals surface area contributed by atoms with Gasteiger partial charge in [-0.05, 0) is 59.9 Å². The number of amides is 1. The van der Waals surface area contributed by atoms with E-state index in [1.165, 1.54) is 10.8 Å². The van der Waals surface area contributed by atoms with E-state index in [-0.39, 0.29) is 5.91 Å². The summed E-state index contributed by atoms with van der Waals surface area (Å²) < 4.78 is 1.78. The summed E-state index contributed by atoms with van der Waals surface area (Å²) in [7, 11) is 1.90. The number of rotatable bonds is 5. The van der Waals surface area contributed by atoms with E-state index in [9.17, 15) is 4.79 Å². The molecule has 0 aliphatic heterocycles. The van der Waals surface area contributed by atoms with Gasteiger partial charge in [0.25, 0.3) is 5.91 Å². The molecular weight excluding hydrogens is 408 g/mol. The highest BCUT2D eigenvalue weighted by molar-refractivity contribution is 6.09. The molecule has 166 valence electrons. The van der Waals surface area contributed by atoms with E-state index in [4.69, 9.17) is 0 Å². The number of carbonyl (C=O) groups is 1. The number of allylic oxidation sites excluding steroid dienone is 1. The monoisotopic (exact) mass is 436 g/mol. The number of hydrogen-bond acceptors (Lipinski definition) is 3. The zero-order chi connectivity index (χ0) is 23.4. The molecule has 2 aromatic carbocycles. The Hall–Kier alpha value is -3.99. The molecule has 33 heavy (non-hydrogen) atoms. The van der Waals surface area contributed by atoms with E-state index < -0.39 is 0 Å². The molecule has 2 aromatic heterocycles. The number of carbonyl (C=O) groups excluding carboxylic acids is 1. The normalized spacial score (nSPS) is 13.3. The van der Waals surface area contributed by atoms with Gasteiger partial charge in [0.1, 0.15) is 5.82 Å². The molecule has 0 saturated heterocycles. The van der Waals surface area contributed by atoms with Crippen LogP contribution < -0.4 is 15.8 Å². The molecule has 5 heteroatoms. The summed E-state index contributed by atoms with van der Waals surface area (Å²) in [5.74, 6) is 0.338. The molecule has 0 unspecified atom stereocenters. The number of aryl methyl sites for hydroxylation is 1. The predicted molar refractivity (Wildman–Crippen MR) is 136 cm³/mol. The van der Waals surface area contributed by atoms with Crippen molar-refractivity contribution in [2.24, 2.45) is 7.05 Å². The van der Waals surface area contributed by atoms with Gasteiger partial charge in [-0.3, -0.25) is 9.48 Å². The number of anilines is 1. The van der Waals surface area contributed by atoms with Crippen LogP contribution >= 0.6 is 0 Å². The predicted octanol–water partition coefficient (Wildman–Crippen LogP) is 4.58. The maximum absolute atomic E-state index is 13.1. The van der Waals surface area contributed by atoms with Crippen molar-refractivity contribution in [3.8, 4) is 11.1 Å². The minimum atomic E-state index is -0.184. The Kier molecular flexibility index (Phi) is 6.50. The second kappa shape index (κ2) is 9.65. The fourth-order valence-corrected chi connectivity index (χ4v) is 3.80. The maximum Gasteiger partial charge on any atom is 0.256 e. The maximum atomic E-state index is 13.1. The summed E-state index contributed by atoms with van der Waals surface area (Å²) in [5.41, 5.74) is 4.00. The van der Waals surface area contributed by atoms with E-state index in [1.54, 1.807) is 10.9 Å². The van der Waals surface area contributed by atoms with Crippen molar-refractivity contribution < 1.29 is 4.79 Å². The Morgan fingerprint density at radius 3 is 2.61 bits per heavy atom. The van der Waals surface area contributed by atoms with Crippen molar-refractivity contribution in [1.29, 1.82) is 0 Å². The average Bonchev–Trinajstić information content (AvgIpc) is 3.28. The lowest BCUT2D eigenvalue weighted by atomic mass is 10.0. The molecule has 1 N–H and O–H groups in total. The van der Waals surface area contributed by atoms with Gasteiger partial charge in [-0.2, -0.15) is 5.10 Å². The number of fused-ring (bicyclic) bond motifs is 1. The van der Waals surface area contributed by atoms with Gasteiger partial charge in [0, 0.05) is 36.0 Å². The van der Waals surface area contributed by atoms with Crippen molar-refractivity contribution >= 4 is 34.1 Å². The lowest BCUT2D eigenvalue weighted by Gasteiger charge is -2.08. The van der Waals surface area contributed by atoms with Crippen molar-refractivity contribution in [3.63, 3.8) is 0 Å². The molecular formula is C28H28N4O. The lowest BCUT2D eigenvalue weighted by Crippen LogP contribution is -2.27. The first kappa shape index (κ1) is 22.2. The SMILES string of the molecule is C\C=C(/C=c1/cccc/c1=C(/C)CC)C(=O)Nc1cc2cc(-c3cnn(C)c3)ccc2cn1. The van der Waals surface area contributed by atoms with Crippen LogP contribution in [-0.4, -0.2) is 20.7 Å². The second-order valence-electron chi connectivity index (χ2n) is 8.10. The number of hydrogen-bond donors (Lipinski definition) is 1. The first-order chi connectivity index (χ1) is 16.0. The van der Waals surface area contributed by atoms with Gasteiger partial charge < -0.3 is 5.32 Å². The summed E-state index contributed by atoms with van der Waals surface area (Å²) in [5, 5.41) is 11.4. The largest absolute Gasteiger partial charge is 0.307 e. The lowest BCUT2D eigenvalue weighted by molar-refractivity contribution is -0.112. The van der Waals surface area contributed by atoms with E-state index in [2.05, 4.69) is 47.4 Å². The fraction of sp³-hybridized carbons (Fsp3) is 0.179. The summed E-state index contributed by atoms with van der Waals surface area (Å²) >= 11 is 0. The topological polar surface area (TPSA) is 59.8 Å². The van der Waals surface area contributed by atoms with Crippen LogP contribution in [0, 0.1) is 0 Å². The highest BCUT2D eigenvalue weighted by Crippen LogP contribution is 2.25. The van der Waals surface area contributed by atoms with E-state index in [1.807, 2.05) is 68.8 Å². The van der Waals surface area contributed by atoms with Crippen LogP contribution in [0.1, 0.15) is 27.2 Å². The van der Waals surface area contributed by atoms with Crippen LogP contribution in [-0.2, 0) is 11.8 Å². The number of benzene rings is 2. The van der Waals surface area contributed by atoms with Crippen LogP contribution in [0.2, 0.25) is 0 Å². The quantitative estimate of drug-likeness (QED) is 0.466. The molecule has 0 fully saturated rings. The van der Waals surface area contributed by atoms with Crippen LogP contribution in [0.3, 0.4) is 0 Å². The van der Waals surface area contributed by atoms with E-state index in [0.717, 1.165) is 33.5 Å². The zero-order valence-corrected chi connectivity index (χ0v) is 19.5. The molecule has 0 aliphatic rings. The smallest absolute Gasteiger partial charge is 0.256 e. The third kappa shape index (κ3) is 4.93. The molecule has 2 heterocycles. The molecule has 0 radical (unpaired) electrons. The number of pyridine rings is 1. The third-order valence-corrected chi connectivity index (χ3v) is 5.84. The Morgan fingerprint density at radius 2 is 1.88 bits per heavy atom. The van der Waals surface area contributed by atoms with E-state index >= 15 is 0 Å². The summed E-state index contributed by atoms with van der Waals surface area (Å²) in [6.07, 6.45) is 10.3. The fourth-order valence-electron chi connectivity index (χ4n) is 3.80. The number of nitrogens with zero attached hydrogens (tertiary/aromatic N) is 3. The average molecular weight is 437 g/mol. The Balaban J connectivity index is 1.64. The van der Waals surface area contributed by atoms with Gasteiger partial charge in [0.15, 0.2) is 0 Å². The molecule has 0 atom stereocenters. The molecule has 0 bridgehead atoms. The van der Waals surface area contributed by atoms with Gasteiger partial charge in [-0.1, -0.05) is 55.0 Å². The van der Waals surface area contributed by atoms with Gasteiger partial charge >= 0.3 is 0 Å². The van der Waals surface area contributed by atoms with Gasteiger partial charge in [-0.25, -0.2) is 4.98 Å². The number of nitrogens with one attached hydrogen (secondary N) is 1. The molecule has 5 nitrogen and oxygen atoms in total. The standard InChI is InChI=1S/C28H28N4O/c1-5-19(3)26-10-8-7-9-22(26)13-20(6-2)28(33)31-27-15-24-14-21(11-12-23(24)16-29-27)25-17-30-32(4)18-25/h6-18H,5H2,1-4H3,(H,29,31,33)/b20-6+,22-13-,26-19+. The Bertz CT molecular complexity index is 1480. The molecule has 0 saturated carbocycles. The van der Waals surface area contributed by atoms with Gasteiger partial charge in [0.2, 0.25) is 0 Å². The minimum Gasteiger partial charge on any atom is -0.307 e. The van der Waals surface area contributed by atoms with Crippen molar-refractivity contribution in [1.82, 2.24) is 14.8 Å². The van der Waals surface area contributed by atoms with Gasteiger partial charge in [-0.15, -0.1) is 0 Å². The molecule has 1 amide bonds. The van der Waals surface area contributed by atoms with Crippen molar-refractivity contribution in [2.45, 2.75) is 27.2 Å². The summed E-state index contributed by atoms with van der Waals surface area (Å²) in [6, 6.07) is 16.2. The highest BCUT2D eigenvalue weighted by atomic mass is 16.1. The van der Waals surface area contributed by atoms with Crippen LogP contribution in [0.5, 0.6) is 0 Å².